The molecule has 3 amide bonds. The Labute approximate surface area is 194 Å². The van der Waals surface area contributed by atoms with E-state index in [9.17, 15) is 14.4 Å². The average molecular weight is 505 g/mol. The van der Waals surface area contributed by atoms with Crippen LogP contribution in [-0.2, 0) is 20.8 Å². The number of hydrogen-bond acceptors (Lipinski definition) is 5. The first-order valence-electron chi connectivity index (χ1n) is 10.0. The Hall–Kier alpha value is -2.36. The quantitative estimate of drug-likeness (QED) is 0.420. The predicted octanol–water partition coefficient (Wildman–Crippen LogP) is 2.63. The van der Waals surface area contributed by atoms with E-state index in [0.717, 1.165) is 16.5 Å². The highest BCUT2D eigenvalue weighted by Crippen LogP contribution is 2.17. The van der Waals surface area contributed by atoms with Crippen LogP contribution in [0.15, 0.2) is 59.1 Å². The zero-order valence-corrected chi connectivity index (χ0v) is 19.3. The summed E-state index contributed by atoms with van der Waals surface area (Å²) in [5.41, 5.74) is 1.45. The summed E-state index contributed by atoms with van der Waals surface area (Å²) in [5, 5.41) is 11.8. The van der Waals surface area contributed by atoms with Crippen molar-refractivity contribution in [3.05, 3.63) is 64.6 Å². The van der Waals surface area contributed by atoms with Gasteiger partial charge in [0.05, 0.1) is 5.75 Å². The maximum Gasteiger partial charge on any atom is 0.234 e. The third-order valence-electron chi connectivity index (χ3n) is 4.63. The van der Waals surface area contributed by atoms with Gasteiger partial charge in [-0.2, -0.15) is 0 Å². The number of benzene rings is 2. The lowest BCUT2D eigenvalue weighted by Gasteiger charge is -2.30. The maximum absolute atomic E-state index is 12.3. The SMILES string of the molecule is O=C(CC1CC(=O)NC(SCC(=O)Nc2ccc(Br)cc2)N1)NCCc1ccccc1. The lowest BCUT2D eigenvalue weighted by atomic mass is 10.1. The van der Waals surface area contributed by atoms with E-state index < -0.39 is 5.50 Å². The lowest BCUT2D eigenvalue weighted by Crippen LogP contribution is -2.56. The largest absolute Gasteiger partial charge is 0.356 e. The molecule has 31 heavy (non-hydrogen) atoms. The molecule has 1 fully saturated rings. The van der Waals surface area contributed by atoms with Crippen LogP contribution in [-0.4, -0.2) is 41.6 Å². The monoisotopic (exact) mass is 504 g/mol. The number of carbonyl (C=O) groups is 3. The number of amides is 3. The molecule has 0 spiro atoms. The number of rotatable bonds is 9. The molecule has 9 heteroatoms. The second-order valence-corrected chi connectivity index (χ2v) is 9.18. The fraction of sp³-hybridized carbons (Fsp3) is 0.318. The first-order chi connectivity index (χ1) is 15.0. The second-order valence-electron chi connectivity index (χ2n) is 7.17. The highest BCUT2D eigenvalue weighted by Gasteiger charge is 2.28. The molecule has 1 saturated heterocycles. The number of hydrogen-bond donors (Lipinski definition) is 4. The molecular weight excluding hydrogens is 480 g/mol. The minimum Gasteiger partial charge on any atom is -0.356 e. The van der Waals surface area contributed by atoms with E-state index in [4.69, 9.17) is 0 Å². The number of nitrogens with one attached hydrogen (secondary N) is 4. The fourth-order valence-electron chi connectivity index (χ4n) is 3.14. The molecule has 3 rings (SSSR count). The molecule has 4 N–H and O–H groups in total. The van der Waals surface area contributed by atoms with E-state index in [1.807, 2.05) is 42.5 Å². The van der Waals surface area contributed by atoms with Crippen molar-refractivity contribution in [1.29, 1.82) is 0 Å². The van der Waals surface area contributed by atoms with E-state index in [0.29, 0.717) is 12.2 Å². The molecule has 0 aromatic heterocycles. The van der Waals surface area contributed by atoms with Gasteiger partial charge in [-0.3, -0.25) is 19.7 Å². The Kier molecular flexibility index (Phi) is 8.93. The Morgan fingerprint density at radius 2 is 1.81 bits per heavy atom. The van der Waals surface area contributed by atoms with E-state index in [1.165, 1.54) is 11.8 Å². The van der Waals surface area contributed by atoms with Crippen molar-refractivity contribution in [2.24, 2.45) is 0 Å². The molecule has 2 aromatic carbocycles. The van der Waals surface area contributed by atoms with Gasteiger partial charge in [0.2, 0.25) is 17.7 Å². The molecule has 1 aliphatic heterocycles. The summed E-state index contributed by atoms with van der Waals surface area (Å²) in [4.78, 5) is 36.4. The topological polar surface area (TPSA) is 99.3 Å². The smallest absolute Gasteiger partial charge is 0.234 e. The molecule has 2 unspecified atom stereocenters. The van der Waals surface area contributed by atoms with Gasteiger partial charge < -0.3 is 16.0 Å². The highest BCUT2D eigenvalue weighted by molar-refractivity contribution is 9.10. The van der Waals surface area contributed by atoms with Crippen LogP contribution >= 0.6 is 27.7 Å². The first kappa shape index (κ1) is 23.3. The molecule has 0 bridgehead atoms. The fourth-order valence-corrected chi connectivity index (χ4v) is 4.30. The molecule has 164 valence electrons. The summed E-state index contributed by atoms with van der Waals surface area (Å²) in [7, 11) is 0. The van der Waals surface area contributed by atoms with E-state index in [2.05, 4.69) is 37.2 Å². The Bertz CT molecular complexity index is 895. The minimum atomic E-state index is -0.418. The van der Waals surface area contributed by atoms with Crippen LogP contribution in [0.1, 0.15) is 18.4 Å². The Morgan fingerprint density at radius 1 is 1.06 bits per heavy atom. The summed E-state index contributed by atoms with van der Waals surface area (Å²) < 4.78 is 0.934. The van der Waals surface area contributed by atoms with Crippen LogP contribution in [0.25, 0.3) is 0 Å². The minimum absolute atomic E-state index is 0.0973. The molecule has 1 heterocycles. The van der Waals surface area contributed by atoms with Gasteiger partial charge in [0.1, 0.15) is 5.50 Å². The van der Waals surface area contributed by atoms with Crippen LogP contribution in [0.5, 0.6) is 0 Å². The Balaban J connectivity index is 1.38. The van der Waals surface area contributed by atoms with Crippen molar-refractivity contribution in [2.45, 2.75) is 30.8 Å². The van der Waals surface area contributed by atoms with Gasteiger partial charge in [-0.1, -0.05) is 46.3 Å². The second kappa shape index (κ2) is 11.9. The van der Waals surface area contributed by atoms with Gasteiger partial charge in [-0.15, -0.1) is 11.8 Å². The molecular formula is C22H25BrN4O3S. The normalized spacial score (nSPS) is 18.2. The average Bonchev–Trinajstić information content (AvgIpc) is 2.74. The third-order valence-corrected chi connectivity index (χ3v) is 6.18. The van der Waals surface area contributed by atoms with E-state index in [1.54, 1.807) is 12.1 Å². The maximum atomic E-state index is 12.3. The zero-order valence-electron chi connectivity index (χ0n) is 16.9. The van der Waals surface area contributed by atoms with E-state index in [-0.39, 0.29) is 42.4 Å². The van der Waals surface area contributed by atoms with Crippen LogP contribution in [0.4, 0.5) is 5.69 Å². The number of anilines is 1. The van der Waals surface area contributed by atoms with Crippen molar-refractivity contribution in [3.8, 4) is 0 Å². The summed E-state index contributed by atoms with van der Waals surface area (Å²) in [5.74, 6) is -0.222. The molecule has 0 radical (unpaired) electrons. The molecule has 1 aliphatic rings. The van der Waals surface area contributed by atoms with Crippen LogP contribution in [0.2, 0.25) is 0 Å². The number of thioether (sulfide) groups is 1. The zero-order chi connectivity index (χ0) is 22.1. The van der Waals surface area contributed by atoms with Gasteiger partial charge in [-0.05, 0) is 36.2 Å². The Morgan fingerprint density at radius 3 is 2.55 bits per heavy atom. The lowest BCUT2D eigenvalue weighted by molar-refractivity contribution is -0.125. The van der Waals surface area contributed by atoms with Gasteiger partial charge in [-0.25, -0.2) is 0 Å². The molecule has 0 aliphatic carbocycles. The summed E-state index contributed by atoms with van der Waals surface area (Å²) >= 11 is 4.63. The van der Waals surface area contributed by atoms with Crippen molar-refractivity contribution < 1.29 is 14.4 Å². The van der Waals surface area contributed by atoms with Gasteiger partial charge >= 0.3 is 0 Å². The molecule has 7 nitrogen and oxygen atoms in total. The summed E-state index contributed by atoms with van der Waals surface area (Å²) in [6, 6.07) is 17.0. The predicted molar refractivity (Wildman–Crippen MR) is 126 cm³/mol. The third kappa shape index (κ3) is 8.35. The summed E-state index contributed by atoms with van der Waals surface area (Å²) in [6.07, 6.45) is 1.20. The van der Waals surface area contributed by atoms with Crippen LogP contribution in [0.3, 0.4) is 0 Å². The van der Waals surface area contributed by atoms with Crippen LogP contribution in [0, 0.1) is 0 Å². The van der Waals surface area contributed by atoms with E-state index >= 15 is 0 Å². The van der Waals surface area contributed by atoms with Gasteiger partial charge in [0.15, 0.2) is 0 Å². The molecule has 0 saturated carbocycles. The first-order valence-corrected chi connectivity index (χ1v) is 11.8. The van der Waals surface area contributed by atoms with Crippen molar-refractivity contribution in [3.63, 3.8) is 0 Å². The van der Waals surface area contributed by atoms with Gasteiger partial charge in [0.25, 0.3) is 0 Å². The molecule has 2 aromatic rings. The number of halogens is 1. The standard InChI is InChI=1S/C22H25BrN4O3S/c23-16-6-8-17(9-7-16)25-21(30)14-31-22-26-18(13-20(29)27-22)12-19(28)24-11-10-15-4-2-1-3-5-15/h1-9,18,22,26H,10-14H2,(H,24,28)(H,25,30)(H,27,29). The highest BCUT2D eigenvalue weighted by atomic mass is 79.9. The number of carbonyl (C=O) groups excluding carboxylic acids is 3. The summed E-state index contributed by atoms with van der Waals surface area (Å²) in [6.45, 7) is 0.552. The molecule has 2 atom stereocenters. The van der Waals surface area contributed by atoms with Crippen molar-refractivity contribution in [1.82, 2.24) is 16.0 Å². The van der Waals surface area contributed by atoms with Crippen molar-refractivity contribution >= 4 is 51.1 Å². The van der Waals surface area contributed by atoms with Gasteiger partial charge in [0, 0.05) is 35.6 Å². The van der Waals surface area contributed by atoms with Crippen LogP contribution < -0.4 is 21.3 Å². The van der Waals surface area contributed by atoms with Crippen molar-refractivity contribution in [2.75, 3.05) is 17.6 Å².